The van der Waals surface area contributed by atoms with Gasteiger partial charge in [0.05, 0.1) is 11.0 Å². The van der Waals surface area contributed by atoms with Crippen LogP contribution >= 0.6 is 0 Å². The fourth-order valence-electron chi connectivity index (χ4n) is 1.67. The number of rotatable bonds is 0. The number of aromatic nitrogens is 2. The van der Waals surface area contributed by atoms with Crippen LogP contribution < -0.4 is 11.1 Å². The lowest BCUT2D eigenvalue weighted by Crippen LogP contribution is -2.35. The third-order valence-corrected chi connectivity index (χ3v) is 2.81. The van der Waals surface area contributed by atoms with Crippen molar-refractivity contribution >= 4 is 11.0 Å². The van der Waals surface area contributed by atoms with E-state index in [1.807, 2.05) is 26.0 Å². The molecule has 15 heavy (non-hydrogen) atoms. The van der Waals surface area contributed by atoms with Gasteiger partial charge in [-0.25, -0.2) is 0 Å². The molecule has 0 radical (unpaired) electrons. The van der Waals surface area contributed by atoms with E-state index in [9.17, 15) is 9.59 Å². The van der Waals surface area contributed by atoms with Crippen LogP contribution in [0.2, 0.25) is 0 Å². The maximum absolute atomic E-state index is 11.4. The van der Waals surface area contributed by atoms with Crippen LogP contribution in [-0.2, 0) is 7.05 Å². The molecule has 1 aromatic carbocycles. The second kappa shape index (κ2) is 3.08. The number of fused-ring (bicyclic) bond motifs is 1. The van der Waals surface area contributed by atoms with Crippen molar-refractivity contribution in [1.29, 1.82) is 0 Å². The molecule has 0 atom stereocenters. The minimum absolute atomic E-state index is 0.522. The zero-order valence-electron chi connectivity index (χ0n) is 8.92. The fourth-order valence-corrected chi connectivity index (χ4v) is 1.67. The number of hydrogen-bond acceptors (Lipinski definition) is 2. The minimum Gasteiger partial charge on any atom is -0.316 e. The second-order valence-electron chi connectivity index (χ2n) is 3.72. The SMILES string of the molecule is Cc1ccc2c([nH]c(=O)c(=O)n2C)c1C. The normalized spacial score (nSPS) is 10.9. The highest BCUT2D eigenvalue weighted by Gasteiger charge is 2.06. The van der Waals surface area contributed by atoms with Gasteiger partial charge in [0, 0.05) is 7.05 Å². The van der Waals surface area contributed by atoms with Crippen LogP contribution in [0, 0.1) is 13.8 Å². The third kappa shape index (κ3) is 1.29. The number of nitrogens with zero attached hydrogens (tertiary/aromatic N) is 1. The van der Waals surface area contributed by atoms with Crippen molar-refractivity contribution < 1.29 is 0 Å². The predicted octanol–water partition coefficient (Wildman–Crippen LogP) is 0.844. The van der Waals surface area contributed by atoms with E-state index in [2.05, 4.69) is 4.98 Å². The van der Waals surface area contributed by atoms with E-state index >= 15 is 0 Å². The zero-order valence-corrected chi connectivity index (χ0v) is 8.92. The molecule has 0 amide bonds. The van der Waals surface area contributed by atoms with Crippen LogP contribution in [0.25, 0.3) is 11.0 Å². The molecule has 0 saturated heterocycles. The van der Waals surface area contributed by atoms with Gasteiger partial charge in [0.1, 0.15) is 0 Å². The Morgan fingerprint density at radius 1 is 1.20 bits per heavy atom. The molecule has 0 aliphatic carbocycles. The predicted molar refractivity (Wildman–Crippen MR) is 59.3 cm³/mol. The maximum atomic E-state index is 11.4. The Kier molecular flexibility index (Phi) is 2.00. The highest BCUT2D eigenvalue weighted by atomic mass is 16.2. The zero-order chi connectivity index (χ0) is 11.2. The van der Waals surface area contributed by atoms with Gasteiger partial charge in [0.15, 0.2) is 0 Å². The molecule has 0 aliphatic heterocycles. The van der Waals surface area contributed by atoms with Crippen molar-refractivity contribution in [2.45, 2.75) is 13.8 Å². The Bertz CT molecular complexity index is 650. The van der Waals surface area contributed by atoms with Gasteiger partial charge in [0.25, 0.3) is 0 Å². The van der Waals surface area contributed by atoms with Crippen molar-refractivity contribution in [2.75, 3.05) is 0 Å². The molecule has 2 rings (SSSR count). The first-order valence-electron chi connectivity index (χ1n) is 4.71. The van der Waals surface area contributed by atoms with E-state index < -0.39 is 11.1 Å². The smallest absolute Gasteiger partial charge is 0.316 e. The summed E-state index contributed by atoms with van der Waals surface area (Å²) in [6.45, 7) is 3.90. The van der Waals surface area contributed by atoms with Gasteiger partial charge < -0.3 is 9.55 Å². The topological polar surface area (TPSA) is 54.9 Å². The van der Waals surface area contributed by atoms with E-state index in [1.165, 1.54) is 4.57 Å². The molecule has 78 valence electrons. The van der Waals surface area contributed by atoms with Gasteiger partial charge in [-0.3, -0.25) is 9.59 Å². The summed E-state index contributed by atoms with van der Waals surface area (Å²) >= 11 is 0. The number of aryl methyl sites for hydroxylation is 3. The number of hydrogen-bond donors (Lipinski definition) is 1. The molecule has 1 aromatic heterocycles. The average molecular weight is 204 g/mol. The molecule has 0 spiro atoms. The van der Waals surface area contributed by atoms with Crippen LogP contribution in [-0.4, -0.2) is 9.55 Å². The molecule has 1 N–H and O–H groups in total. The van der Waals surface area contributed by atoms with Crippen LogP contribution in [0.1, 0.15) is 11.1 Å². The first-order valence-corrected chi connectivity index (χ1v) is 4.71. The summed E-state index contributed by atoms with van der Waals surface area (Å²) in [6.07, 6.45) is 0. The van der Waals surface area contributed by atoms with Gasteiger partial charge in [-0.2, -0.15) is 0 Å². The van der Waals surface area contributed by atoms with Crippen molar-refractivity contribution in [2.24, 2.45) is 7.05 Å². The lowest BCUT2D eigenvalue weighted by atomic mass is 10.1. The molecule has 0 bridgehead atoms. The summed E-state index contributed by atoms with van der Waals surface area (Å²) in [5.41, 5.74) is 2.49. The highest BCUT2D eigenvalue weighted by molar-refractivity contribution is 5.79. The van der Waals surface area contributed by atoms with E-state index in [-0.39, 0.29) is 0 Å². The molecule has 4 heteroatoms. The Labute approximate surface area is 86.2 Å². The highest BCUT2D eigenvalue weighted by Crippen LogP contribution is 2.16. The molecule has 0 fully saturated rings. The molecule has 2 aromatic rings. The summed E-state index contributed by atoms with van der Waals surface area (Å²) in [5.74, 6) is 0. The van der Waals surface area contributed by atoms with E-state index in [4.69, 9.17) is 0 Å². The molecule has 1 heterocycles. The second-order valence-corrected chi connectivity index (χ2v) is 3.72. The number of benzene rings is 1. The molecule has 0 unspecified atom stereocenters. The Morgan fingerprint density at radius 2 is 1.87 bits per heavy atom. The summed E-state index contributed by atoms with van der Waals surface area (Å²) in [5, 5.41) is 0. The van der Waals surface area contributed by atoms with Gasteiger partial charge in [-0.1, -0.05) is 6.07 Å². The van der Waals surface area contributed by atoms with Gasteiger partial charge in [-0.05, 0) is 31.0 Å². The van der Waals surface area contributed by atoms with Crippen molar-refractivity contribution in [1.82, 2.24) is 9.55 Å². The quantitative estimate of drug-likeness (QED) is 0.646. The van der Waals surface area contributed by atoms with Crippen molar-refractivity contribution in [3.8, 4) is 0 Å². The van der Waals surface area contributed by atoms with Crippen molar-refractivity contribution in [3.05, 3.63) is 44.0 Å². The molecule has 0 aliphatic rings. The van der Waals surface area contributed by atoms with E-state index in [0.717, 1.165) is 22.2 Å². The summed E-state index contributed by atoms with van der Waals surface area (Å²) in [4.78, 5) is 25.3. The standard InChI is InChI=1S/C11H12N2O2/c1-6-4-5-8-9(7(6)2)12-10(14)11(15)13(8)3/h4-5H,1-3H3,(H,12,14). The summed E-state index contributed by atoms with van der Waals surface area (Å²) in [7, 11) is 1.61. The van der Waals surface area contributed by atoms with E-state index in [0.29, 0.717) is 0 Å². The number of H-pyrrole nitrogens is 1. The van der Waals surface area contributed by atoms with Crippen molar-refractivity contribution in [3.63, 3.8) is 0 Å². The average Bonchev–Trinajstić information content (AvgIpc) is 2.21. The fraction of sp³-hybridized carbons (Fsp3) is 0.273. The summed E-state index contributed by atoms with van der Waals surface area (Å²) < 4.78 is 1.38. The van der Waals surface area contributed by atoms with Crippen LogP contribution in [0.5, 0.6) is 0 Å². The largest absolute Gasteiger partial charge is 0.316 e. The molecule has 4 nitrogen and oxygen atoms in total. The third-order valence-electron chi connectivity index (χ3n) is 2.81. The Morgan fingerprint density at radius 3 is 2.53 bits per heavy atom. The first-order chi connectivity index (χ1) is 7.02. The monoisotopic (exact) mass is 204 g/mol. The Hall–Kier alpha value is -1.84. The lowest BCUT2D eigenvalue weighted by Gasteiger charge is -2.08. The summed E-state index contributed by atoms with van der Waals surface area (Å²) in [6, 6.07) is 3.78. The number of aromatic amines is 1. The minimum atomic E-state index is -0.571. The molecular weight excluding hydrogens is 192 g/mol. The van der Waals surface area contributed by atoms with Gasteiger partial charge in [-0.15, -0.1) is 0 Å². The lowest BCUT2D eigenvalue weighted by molar-refractivity contribution is 0.872. The van der Waals surface area contributed by atoms with Crippen LogP contribution in [0.3, 0.4) is 0 Å². The van der Waals surface area contributed by atoms with E-state index in [1.54, 1.807) is 7.05 Å². The van der Waals surface area contributed by atoms with Crippen LogP contribution in [0.15, 0.2) is 21.7 Å². The first kappa shape index (κ1) is 9.71. The van der Waals surface area contributed by atoms with Gasteiger partial charge in [0.2, 0.25) is 0 Å². The number of nitrogens with one attached hydrogen (secondary N) is 1. The maximum Gasteiger partial charge on any atom is 0.316 e. The molecular formula is C11H12N2O2. The van der Waals surface area contributed by atoms with Gasteiger partial charge >= 0.3 is 11.1 Å². The molecule has 0 saturated carbocycles. The Balaban J connectivity index is 3.12. The van der Waals surface area contributed by atoms with Crippen LogP contribution in [0.4, 0.5) is 0 Å².